The SMILES string of the molecule is Cc1c(F)c(N)c2ccccc2c1Oc1ncsc1-c1ccnc(N[C@H]2CCCN(C(=O)OC(C)(C)C)C2)n1. The molecule has 204 valence electrons. The van der Waals surface area contributed by atoms with Gasteiger partial charge in [-0.1, -0.05) is 24.3 Å². The van der Waals surface area contributed by atoms with Crippen LogP contribution in [0, 0.1) is 12.7 Å². The molecule has 1 atom stereocenters. The van der Waals surface area contributed by atoms with Gasteiger partial charge in [-0.25, -0.2) is 24.1 Å². The molecular formula is C28H31FN6O3S. The van der Waals surface area contributed by atoms with Crippen LogP contribution in [0.2, 0.25) is 0 Å². The van der Waals surface area contributed by atoms with Crippen molar-refractivity contribution in [2.75, 3.05) is 24.1 Å². The summed E-state index contributed by atoms with van der Waals surface area (Å²) in [7, 11) is 0. The molecule has 3 heterocycles. The number of carbonyl (C=O) groups excluding carboxylic acids is 1. The van der Waals surface area contributed by atoms with Crippen LogP contribution in [-0.4, -0.2) is 50.7 Å². The fraction of sp³-hybridized carbons (Fsp3) is 0.357. The van der Waals surface area contributed by atoms with Gasteiger partial charge in [-0.05, 0) is 46.6 Å². The van der Waals surface area contributed by atoms with E-state index in [1.54, 1.807) is 41.7 Å². The number of nitrogens with two attached hydrogens (primary N) is 1. The fourth-order valence-electron chi connectivity index (χ4n) is 4.57. The number of amides is 1. The molecule has 3 N–H and O–H groups in total. The summed E-state index contributed by atoms with van der Waals surface area (Å²) in [5.41, 5.74) is 8.15. The number of thiazole rings is 1. The second-order valence-corrected chi connectivity index (χ2v) is 11.3. The third-order valence-electron chi connectivity index (χ3n) is 6.40. The lowest BCUT2D eigenvalue weighted by atomic mass is 10.0. The van der Waals surface area contributed by atoms with Crippen LogP contribution in [0.25, 0.3) is 21.3 Å². The van der Waals surface area contributed by atoms with Crippen LogP contribution in [0.15, 0.2) is 42.0 Å². The van der Waals surface area contributed by atoms with E-state index in [0.29, 0.717) is 57.6 Å². The summed E-state index contributed by atoms with van der Waals surface area (Å²) in [6.45, 7) is 8.34. The fourth-order valence-corrected chi connectivity index (χ4v) is 5.25. The molecular weight excluding hydrogens is 519 g/mol. The number of benzene rings is 2. The summed E-state index contributed by atoms with van der Waals surface area (Å²) < 4.78 is 26.7. The molecule has 2 aromatic heterocycles. The Balaban J connectivity index is 1.36. The van der Waals surface area contributed by atoms with Crippen molar-refractivity contribution in [1.29, 1.82) is 0 Å². The number of piperidine rings is 1. The van der Waals surface area contributed by atoms with Gasteiger partial charge in [0, 0.05) is 41.7 Å². The van der Waals surface area contributed by atoms with Gasteiger partial charge in [-0.3, -0.25) is 0 Å². The first-order valence-corrected chi connectivity index (χ1v) is 13.6. The number of hydrogen-bond donors (Lipinski definition) is 2. The first-order valence-electron chi connectivity index (χ1n) is 12.8. The number of halogens is 1. The molecule has 0 saturated carbocycles. The third-order valence-corrected chi connectivity index (χ3v) is 7.23. The van der Waals surface area contributed by atoms with E-state index in [0.717, 1.165) is 12.8 Å². The Morgan fingerprint density at radius 3 is 2.74 bits per heavy atom. The normalized spacial score (nSPS) is 15.8. The number of likely N-dealkylation sites (tertiary alicyclic amines) is 1. The second-order valence-electron chi connectivity index (χ2n) is 10.5. The molecule has 0 unspecified atom stereocenters. The van der Waals surface area contributed by atoms with Crippen molar-refractivity contribution in [3.05, 3.63) is 53.4 Å². The molecule has 9 nitrogen and oxygen atoms in total. The Hall–Kier alpha value is -3.99. The maximum atomic E-state index is 14.9. The van der Waals surface area contributed by atoms with E-state index in [-0.39, 0.29) is 17.8 Å². The maximum absolute atomic E-state index is 14.9. The highest BCUT2D eigenvalue weighted by Crippen LogP contribution is 2.42. The number of rotatable bonds is 5. The molecule has 1 aliphatic rings. The van der Waals surface area contributed by atoms with Crippen LogP contribution in [0.1, 0.15) is 39.2 Å². The molecule has 39 heavy (non-hydrogen) atoms. The highest BCUT2D eigenvalue weighted by Gasteiger charge is 2.28. The van der Waals surface area contributed by atoms with Crippen molar-refractivity contribution in [3.8, 4) is 22.2 Å². The number of aromatic nitrogens is 3. The molecule has 0 radical (unpaired) electrons. The number of anilines is 2. The largest absolute Gasteiger partial charge is 0.444 e. The van der Waals surface area contributed by atoms with Crippen molar-refractivity contribution in [2.45, 2.75) is 52.2 Å². The van der Waals surface area contributed by atoms with Crippen molar-refractivity contribution in [1.82, 2.24) is 19.9 Å². The zero-order chi connectivity index (χ0) is 27.7. The first-order chi connectivity index (χ1) is 18.6. The van der Waals surface area contributed by atoms with Gasteiger partial charge in [0.05, 0.1) is 16.9 Å². The topological polar surface area (TPSA) is 115 Å². The van der Waals surface area contributed by atoms with E-state index in [1.165, 1.54) is 11.3 Å². The molecule has 0 aliphatic carbocycles. The Morgan fingerprint density at radius 2 is 1.97 bits per heavy atom. The molecule has 2 aromatic carbocycles. The van der Waals surface area contributed by atoms with Gasteiger partial charge < -0.3 is 25.4 Å². The number of hydrogen-bond acceptors (Lipinski definition) is 9. The van der Waals surface area contributed by atoms with Crippen LogP contribution in [0.3, 0.4) is 0 Å². The van der Waals surface area contributed by atoms with E-state index in [9.17, 15) is 9.18 Å². The molecule has 1 fully saturated rings. The van der Waals surface area contributed by atoms with Gasteiger partial charge >= 0.3 is 6.09 Å². The van der Waals surface area contributed by atoms with Crippen molar-refractivity contribution < 1.29 is 18.7 Å². The molecule has 0 spiro atoms. The standard InChI is InChI=1S/C28H31FN6O3S/c1-16-21(29)22(30)18-9-5-6-10-19(18)23(16)37-25-24(39-15-32-25)20-11-12-31-26(34-20)33-17-8-7-13-35(14-17)27(36)38-28(2,3)4/h5-6,9-12,15,17H,7-8,13-14,30H2,1-4H3,(H,31,33,34)/t17-/m0/s1. The van der Waals surface area contributed by atoms with Gasteiger partial charge in [0.15, 0.2) is 5.82 Å². The van der Waals surface area contributed by atoms with Crippen molar-refractivity contribution in [3.63, 3.8) is 0 Å². The van der Waals surface area contributed by atoms with Gasteiger partial charge in [-0.15, -0.1) is 11.3 Å². The molecule has 1 amide bonds. The van der Waals surface area contributed by atoms with E-state index >= 15 is 0 Å². The highest BCUT2D eigenvalue weighted by molar-refractivity contribution is 7.13. The minimum Gasteiger partial charge on any atom is -0.444 e. The number of nitrogens with one attached hydrogen (secondary N) is 1. The molecule has 1 saturated heterocycles. The predicted octanol–water partition coefficient (Wildman–Crippen LogP) is 6.39. The smallest absolute Gasteiger partial charge is 0.410 e. The van der Waals surface area contributed by atoms with Gasteiger partial charge in [0.1, 0.15) is 16.2 Å². The minimum absolute atomic E-state index is 0.0227. The third kappa shape index (κ3) is 5.73. The Labute approximate surface area is 230 Å². The van der Waals surface area contributed by atoms with E-state index < -0.39 is 11.4 Å². The van der Waals surface area contributed by atoms with E-state index in [4.69, 9.17) is 20.2 Å². The Morgan fingerprint density at radius 1 is 1.21 bits per heavy atom. The van der Waals surface area contributed by atoms with Gasteiger partial charge in [-0.2, -0.15) is 0 Å². The lowest BCUT2D eigenvalue weighted by Crippen LogP contribution is -2.47. The monoisotopic (exact) mass is 550 g/mol. The summed E-state index contributed by atoms with van der Waals surface area (Å²) in [5, 5.41) is 4.63. The second kappa shape index (κ2) is 10.6. The van der Waals surface area contributed by atoms with E-state index in [2.05, 4.69) is 15.3 Å². The molecule has 5 rings (SSSR count). The van der Waals surface area contributed by atoms with Crippen LogP contribution in [0.5, 0.6) is 11.6 Å². The summed E-state index contributed by atoms with van der Waals surface area (Å²) in [6.07, 6.45) is 3.05. The minimum atomic E-state index is -0.549. The maximum Gasteiger partial charge on any atom is 0.410 e. The van der Waals surface area contributed by atoms with Crippen LogP contribution in [0.4, 0.5) is 20.8 Å². The van der Waals surface area contributed by atoms with Crippen LogP contribution < -0.4 is 15.8 Å². The van der Waals surface area contributed by atoms with Gasteiger partial charge in [0.2, 0.25) is 11.8 Å². The Bertz CT molecular complexity index is 1520. The molecule has 4 aromatic rings. The zero-order valence-electron chi connectivity index (χ0n) is 22.3. The first kappa shape index (κ1) is 26.6. The zero-order valence-corrected chi connectivity index (χ0v) is 23.1. The van der Waals surface area contributed by atoms with E-state index in [1.807, 2.05) is 32.9 Å². The van der Waals surface area contributed by atoms with Crippen molar-refractivity contribution in [2.24, 2.45) is 0 Å². The summed E-state index contributed by atoms with van der Waals surface area (Å²) in [5.74, 6) is 0.599. The van der Waals surface area contributed by atoms with Crippen molar-refractivity contribution >= 4 is 39.8 Å². The average Bonchev–Trinajstić information content (AvgIpc) is 3.37. The molecule has 11 heteroatoms. The molecule has 1 aliphatic heterocycles. The number of nitrogen functional groups attached to an aromatic ring is 1. The summed E-state index contributed by atoms with van der Waals surface area (Å²) in [6, 6.07) is 9.01. The highest BCUT2D eigenvalue weighted by atomic mass is 32.1. The van der Waals surface area contributed by atoms with Gasteiger partial charge in [0.25, 0.3) is 0 Å². The number of ether oxygens (including phenoxy) is 2. The number of fused-ring (bicyclic) bond motifs is 1. The number of nitrogens with zero attached hydrogens (tertiary/aromatic N) is 4. The number of carbonyl (C=O) groups is 1. The average molecular weight is 551 g/mol. The quantitative estimate of drug-likeness (QED) is 0.275. The summed E-state index contributed by atoms with van der Waals surface area (Å²) in [4.78, 5) is 28.4. The molecule has 0 bridgehead atoms. The Kier molecular flexibility index (Phi) is 7.26. The van der Waals surface area contributed by atoms with Crippen LogP contribution in [-0.2, 0) is 4.74 Å². The predicted molar refractivity (Wildman–Crippen MR) is 151 cm³/mol. The lowest BCUT2D eigenvalue weighted by Gasteiger charge is -2.34. The van der Waals surface area contributed by atoms with Crippen LogP contribution >= 0.6 is 11.3 Å². The lowest BCUT2D eigenvalue weighted by molar-refractivity contribution is 0.0206. The summed E-state index contributed by atoms with van der Waals surface area (Å²) >= 11 is 1.36.